The van der Waals surface area contributed by atoms with Crippen molar-refractivity contribution in [1.29, 1.82) is 0 Å². The highest BCUT2D eigenvalue weighted by Gasteiger charge is 2.48. The van der Waals surface area contributed by atoms with Gasteiger partial charge in [-0.15, -0.1) is 5.10 Å². The maximum atomic E-state index is 13.0. The van der Waals surface area contributed by atoms with Crippen LogP contribution in [0.15, 0.2) is 36.4 Å². The van der Waals surface area contributed by atoms with Crippen LogP contribution in [0.25, 0.3) is 0 Å². The third-order valence-electron chi connectivity index (χ3n) is 5.42. The number of fused-ring (bicyclic) bond motifs is 2. The van der Waals surface area contributed by atoms with E-state index in [1.54, 1.807) is 24.3 Å². The highest BCUT2D eigenvalue weighted by Crippen LogP contribution is 2.44. The Morgan fingerprint density at radius 1 is 1.17 bits per heavy atom. The van der Waals surface area contributed by atoms with Gasteiger partial charge in [-0.3, -0.25) is 9.59 Å². The van der Waals surface area contributed by atoms with Crippen molar-refractivity contribution in [2.45, 2.75) is 38.8 Å². The first kappa shape index (κ1) is 19.9. The summed E-state index contributed by atoms with van der Waals surface area (Å²) in [4.78, 5) is 29.2. The standard InChI is InChI=1S/C21H26N6O3/c1-21(2,3)30-14-8-6-11(7-9-14)18(29)27-20(25-19(23)26-27)24-16-13-5-4-12(10-13)15(16)17(22)28/h4-9,12-13,15-16H,10H2,1-3H3,(H2,22,28)(H3,23,24,25,26). The van der Waals surface area contributed by atoms with Gasteiger partial charge in [0.05, 0.1) is 5.92 Å². The summed E-state index contributed by atoms with van der Waals surface area (Å²) in [5.74, 6) is -0.0588. The van der Waals surface area contributed by atoms with Gasteiger partial charge >= 0.3 is 0 Å². The van der Waals surface area contributed by atoms with Crippen LogP contribution in [0.1, 0.15) is 37.6 Å². The Morgan fingerprint density at radius 2 is 1.83 bits per heavy atom. The van der Waals surface area contributed by atoms with Crippen LogP contribution in [0.4, 0.5) is 11.9 Å². The van der Waals surface area contributed by atoms with Gasteiger partial charge in [-0.25, -0.2) is 0 Å². The number of aromatic nitrogens is 3. The van der Waals surface area contributed by atoms with E-state index < -0.39 is 5.91 Å². The molecule has 1 heterocycles. The number of ether oxygens (including phenoxy) is 1. The molecule has 5 N–H and O–H groups in total. The maximum absolute atomic E-state index is 13.0. The molecule has 0 spiro atoms. The lowest BCUT2D eigenvalue weighted by atomic mass is 9.88. The average molecular weight is 410 g/mol. The number of primary amides is 1. The molecule has 2 aliphatic carbocycles. The van der Waals surface area contributed by atoms with Crippen LogP contribution in [-0.4, -0.2) is 38.2 Å². The van der Waals surface area contributed by atoms with Crippen molar-refractivity contribution in [3.05, 3.63) is 42.0 Å². The monoisotopic (exact) mass is 410 g/mol. The van der Waals surface area contributed by atoms with Crippen LogP contribution in [-0.2, 0) is 4.79 Å². The number of hydrogen-bond acceptors (Lipinski definition) is 7. The number of carbonyl (C=O) groups is 2. The average Bonchev–Trinajstić information content (AvgIpc) is 3.35. The van der Waals surface area contributed by atoms with Crippen LogP contribution in [0, 0.1) is 17.8 Å². The first-order valence-electron chi connectivity index (χ1n) is 9.93. The molecule has 0 aliphatic heterocycles. The minimum Gasteiger partial charge on any atom is -0.488 e. The number of hydrogen-bond donors (Lipinski definition) is 3. The number of benzene rings is 1. The van der Waals surface area contributed by atoms with Gasteiger partial charge in [0.25, 0.3) is 5.91 Å². The number of rotatable bonds is 5. The summed E-state index contributed by atoms with van der Waals surface area (Å²) >= 11 is 0. The van der Waals surface area contributed by atoms with Crippen LogP contribution in [0.2, 0.25) is 0 Å². The first-order chi connectivity index (χ1) is 14.1. The fraction of sp³-hybridized carbons (Fsp3) is 0.429. The third-order valence-corrected chi connectivity index (χ3v) is 5.42. The third kappa shape index (κ3) is 3.74. The van der Waals surface area contributed by atoms with E-state index >= 15 is 0 Å². The number of carbonyl (C=O) groups excluding carboxylic acids is 2. The predicted molar refractivity (Wildman–Crippen MR) is 112 cm³/mol. The smallest absolute Gasteiger partial charge is 0.281 e. The molecule has 4 atom stereocenters. The van der Waals surface area contributed by atoms with Gasteiger partial charge < -0.3 is 21.5 Å². The molecule has 2 aromatic rings. The number of allylic oxidation sites excluding steroid dienone is 1. The lowest BCUT2D eigenvalue weighted by molar-refractivity contribution is -0.122. The van der Waals surface area contributed by atoms with Gasteiger partial charge in [-0.2, -0.15) is 9.67 Å². The minimum absolute atomic E-state index is 0.0344. The van der Waals surface area contributed by atoms with Gasteiger partial charge in [0.2, 0.25) is 17.8 Å². The Morgan fingerprint density at radius 3 is 2.47 bits per heavy atom. The molecule has 2 bridgehead atoms. The van der Waals surface area contributed by atoms with Gasteiger partial charge in [0.1, 0.15) is 11.4 Å². The van der Waals surface area contributed by atoms with E-state index in [1.165, 1.54) is 0 Å². The fourth-order valence-electron chi connectivity index (χ4n) is 4.26. The van der Waals surface area contributed by atoms with E-state index in [9.17, 15) is 9.59 Å². The molecule has 9 heteroatoms. The Balaban J connectivity index is 1.57. The van der Waals surface area contributed by atoms with Gasteiger partial charge in [-0.1, -0.05) is 12.2 Å². The molecule has 4 unspecified atom stereocenters. The van der Waals surface area contributed by atoms with E-state index in [-0.39, 0.29) is 47.2 Å². The van der Waals surface area contributed by atoms with Crippen LogP contribution in [0.5, 0.6) is 5.75 Å². The summed E-state index contributed by atoms with van der Waals surface area (Å²) in [6.07, 6.45) is 4.95. The van der Waals surface area contributed by atoms with Crippen LogP contribution in [0.3, 0.4) is 0 Å². The van der Waals surface area contributed by atoms with Crippen LogP contribution < -0.4 is 21.5 Å². The Kier molecular flexibility index (Phi) is 4.76. The van der Waals surface area contributed by atoms with Crippen molar-refractivity contribution in [3.63, 3.8) is 0 Å². The molecule has 30 heavy (non-hydrogen) atoms. The molecule has 158 valence electrons. The molecule has 1 aromatic carbocycles. The zero-order valence-corrected chi connectivity index (χ0v) is 17.2. The fourth-order valence-corrected chi connectivity index (χ4v) is 4.26. The number of anilines is 2. The van der Waals surface area contributed by atoms with Crippen LogP contribution >= 0.6 is 0 Å². The second-order valence-electron chi connectivity index (χ2n) is 8.80. The van der Waals surface area contributed by atoms with E-state index in [1.807, 2.05) is 26.8 Å². The second kappa shape index (κ2) is 7.16. The van der Waals surface area contributed by atoms with E-state index in [4.69, 9.17) is 16.2 Å². The van der Waals surface area contributed by atoms with Crippen molar-refractivity contribution >= 4 is 23.7 Å². The molecule has 0 saturated heterocycles. The highest BCUT2D eigenvalue weighted by atomic mass is 16.5. The van der Waals surface area contributed by atoms with E-state index in [0.717, 1.165) is 11.1 Å². The molecule has 1 saturated carbocycles. The predicted octanol–water partition coefficient (Wildman–Crippen LogP) is 1.81. The summed E-state index contributed by atoms with van der Waals surface area (Å²) in [5, 5.41) is 7.25. The molecule has 1 amide bonds. The van der Waals surface area contributed by atoms with Gasteiger partial charge in [0, 0.05) is 11.6 Å². The van der Waals surface area contributed by atoms with Crippen molar-refractivity contribution < 1.29 is 14.3 Å². The summed E-state index contributed by atoms with van der Waals surface area (Å²) < 4.78 is 6.92. The lowest BCUT2D eigenvalue weighted by Crippen LogP contribution is -2.41. The number of nitrogens with one attached hydrogen (secondary N) is 1. The molecule has 2 aliphatic rings. The summed E-state index contributed by atoms with van der Waals surface area (Å²) in [7, 11) is 0. The molecule has 1 aromatic heterocycles. The molecular formula is C21H26N6O3. The van der Waals surface area contributed by atoms with Crippen molar-refractivity contribution in [1.82, 2.24) is 14.8 Å². The van der Waals surface area contributed by atoms with E-state index in [2.05, 4.69) is 21.5 Å². The van der Waals surface area contributed by atoms with Crippen molar-refractivity contribution in [2.24, 2.45) is 23.5 Å². The Labute approximate surface area is 174 Å². The number of amides is 1. The first-order valence-corrected chi connectivity index (χ1v) is 9.93. The zero-order valence-electron chi connectivity index (χ0n) is 17.2. The normalized spacial score (nSPS) is 24.8. The summed E-state index contributed by atoms with van der Waals surface area (Å²) in [6.45, 7) is 5.85. The lowest BCUT2D eigenvalue weighted by Gasteiger charge is -2.26. The second-order valence-corrected chi connectivity index (χ2v) is 8.80. The molecule has 9 nitrogen and oxygen atoms in total. The molecule has 0 radical (unpaired) electrons. The van der Waals surface area contributed by atoms with Gasteiger partial charge in [-0.05, 0) is 63.3 Å². The SMILES string of the molecule is CC(C)(C)Oc1ccc(C(=O)n2nc(N)nc2NC2C3C=CC(C3)C2C(N)=O)cc1. The number of nitrogen functional groups attached to an aromatic ring is 1. The summed E-state index contributed by atoms with van der Waals surface area (Å²) in [6, 6.07) is 6.54. The topological polar surface area (TPSA) is 138 Å². The zero-order chi connectivity index (χ0) is 21.6. The largest absolute Gasteiger partial charge is 0.488 e. The van der Waals surface area contributed by atoms with Gasteiger partial charge in [0.15, 0.2) is 0 Å². The molecular weight excluding hydrogens is 384 g/mol. The van der Waals surface area contributed by atoms with Crippen molar-refractivity contribution in [3.8, 4) is 5.75 Å². The Hall–Kier alpha value is -3.36. The highest BCUT2D eigenvalue weighted by molar-refractivity contribution is 5.97. The van der Waals surface area contributed by atoms with Crippen molar-refractivity contribution in [2.75, 3.05) is 11.1 Å². The maximum Gasteiger partial charge on any atom is 0.281 e. The number of nitrogens with zero attached hydrogens (tertiary/aromatic N) is 3. The molecule has 1 fully saturated rings. The van der Waals surface area contributed by atoms with E-state index in [0.29, 0.717) is 11.3 Å². The number of nitrogens with two attached hydrogens (primary N) is 2. The minimum atomic E-state index is -0.390. The summed E-state index contributed by atoms with van der Waals surface area (Å²) in [5.41, 5.74) is 11.5. The Bertz CT molecular complexity index is 1000. The quantitative estimate of drug-likeness (QED) is 0.639. The molecule has 4 rings (SSSR count).